The Kier molecular flexibility index (Phi) is 4.52. The van der Waals surface area contributed by atoms with E-state index in [9.17, 15) is 4.79 Å². The largest absolute Gasteiger partial charge is 0.477 e. The van der Waals surface area contributed by atoms with Gasteiger partial charge in [-0.2, -0.15) is 0 Å². The van der Waals surface area contributed by atoms with Gasteiger partial charge in [-0.1, -0.05) is 0 Å². The lowest BCUT2D eigenvalue weighted by atomic mass is 10.3. The first kappa shape index (κ1) is 10.5. The molecule has 0 saturated heterocycles. The van der Waals surface area contributed by atoms with Crippen LogP contribution in [-0.2, 0) is 4.79 Å². The van der Waals surface area contributed by atoms with Crippen LogP contribution in [0.5, 0.6) is 0 Å². The molecule has 0 heterocycles. The van der Waals surface area contributed by atoms with Crippen molar-refractivity contribution in [2.75, 3.05) is 13.6 Å². The second-order valence-electron chi connectivity index (χ2n) is 2.01. The van der Waals surface area contributed by atoms with Crippen LogP contribution in [0.25, 0.3) is 0 Å². The minimum atomic E-state index is -1.09. The summed E-state index contributed by atoms with van der Waals surface area (Å²) in [4.78, 5) is 14.3. The van der Waals surface area contributed by atoms with E-state index in [0.717, 1.165) is 0 Å². The van der Waals surface area contributed by atoms with Crippen molar-refractivity contribution < 1.29 is 9.90 Å². The number of hydrogen-bond acceptors (Lipinski definition) is 4. The first-order valence-corrected chi connectivity index (χ1v) is 3.54. The highest BCUT2D eigenvalue weighted by Crippen LogP contribution is 1.91. The molecule has 0 aromatic carbocycles. The molecular formula is C7H13N3O2. The lowest BCUT2D eigenvalue weighted by Gasteiger charge is -2.01. The molecule has 0 unspecified atom stereocenters. The molecule has 0 aromatic heterocycles. The van der Waals surface area contributed by atoms with Crippen molar-refractivity contribution in [3.05, 3.63) is 11.4 Å². The van der Waals surface area contributed by atoms with E-state index in [2.05, 4.69) is 10.3 Å². The number of carbonyl (C=O) groups is 1. The summed E-state index contributed by atoms with van der Waals surface area (Å²) in [6.45, 7) is 2.42. The predicted octanol–water partition coefficient (Wildman–Crippen LogP) is -0.449. The van der Waals surface area contributed by atoms with Gasteiger partial charge in [0.1, 0.15) is 5.70 Å². The van der Waals surface area contributed by atoms with Gasteiger partial charge < -0.3 is 16.2 Å². The van der Waals surface area contributed by atoms with Crippen molar-refractivity contribution in [1.82, 2.24) is 5.32 Å². The lowest BCUT2D eigenvalue weighted by Crippen LogP contribution is -2.22. The highest BCUT2D eigenvalue weighted by molar-refractivity contribution is 5.94. The van der Waals surface area contributed by atoms with Crippen molar-refractivity contribution in [2.24, 2.45) is 10.7 Å². The summed E-state index contributed by atoms with van der Waals surface area (Å²) in [6.07, 6.45) is 1.33. The van der Waals surface area contributed by atoms with Crippen molar-refractivity contribution in [3.8, 4) is 0 Å². The van der Waals surface area contributed by atoms with Gasteiger partial charge in [0, 0.05) is 19.8 Å². The van der Waals surface area contributed by atoms with Crippen molar-refractivity contribution in [1.29, 1.82) is 0 Å². The molecule has 0 saturated carbocycles. The van der Waals surface area contributed by atoms with Gasteiger partial charge in [-0.25, -0.2) is 4.79 Å². The number of nitrogens with zero attached hydrogens (tertiary/aromatic N) is 1. The number of carboxylic acid groups (broad SMARTS) is 1. The molecule has 0 spiro atoms. The van der Waals surface area contributed by atoms with Gasteiger partial charge in [0.15, 0.2) is 0 Å². The zero-order valence-electron chi connectivity index (χ0n) is 7.16. The van der Waals surface area contributed by atoms with E-state index in [0.29, 0.717) is 6.54 Å². The standard InChI is InChI=1S/C7H13N3O2/c1-3-10-4-5(8)6(9-2)7(11)12/h4,9H,3,8H2,1-2H3,(H,11,12)/b6-5+,10-4?. The monoisotopic (exact) mass is 171 g/mol. The maximum atomic E-state index is 10.5. The zero-order valence-corrected chi connectivity index (χ0v) is 7.16. The number of aliphatic carboxylic acids is 1. The number of likely N-dealkylation sites (N-methyl/N-ethyl adjacent to an activating group) is 1. The topological polar surface area (TPSA) is 87.7 Å². The molecule has 12 heavy (non-hydrogen) atoms. The quantitative estimate of drug-likeness (QED) is 0.395. The van der Waals surface area contributed by atoms with Gasteiger partial charge in [0.05, 0.1) is 5.70 Å². The van der Waals surface area contributed by atoms with E-state index in [-0.39, 0.29) is 11.4 Å². The van der Waals surface area contributed by atoms with E-state index in [1.54, 1.807) is 0 Å². The third kappa shape index (κ3) is 3.05. The molecule has 0 aliphatic carbocycles. The fourth-order valence-corrected chi connectivity index (χ4v) is 0.629. The van der Waals surface area contributed by atoms with Crippen LogP contribution in [0, 0.1) is 0 Å². The van der Waals surface area contributed by atoms with Crippen molar-refractivity contribution >= 4 is 12.2 Å². The Morgan fingerprint density at radius 3 is 2.67 bits per heavy atom. The number of allylic oxidation sites excluding steroid dienone is 1. The maximum Gasteiger partial charge on any atom is 0.354 e. The van der Waals surface area contributed by atoms with Crippen LogP contribution in [0.2, 0.25) is 0 Å². The van der Waals surface area contributed by atoms with Crippen molar-refractivity contribution in [2.45, 2.75) is 6.92 Å². The van der Waals surface area contributed by atoms with Crippen LogP contribution in [0.4, 0.5) is 0 Å². The van der Waals surface area contributed by atoms with Gasteiger partial charge >= 0.3 is 5.97 Å². The average Bonchev–Trinajstić information content (AvgIpc) is 2.01. The van der Waals surface area contributed by atoms with E-state index < -0.39 is 5.97 Å². The minimum Gasteiger partial charge on any atom is -0.477 e. The molecule has 4 N–H and O–H groups in total. The highest BCUT2D eigenvalue weighted by atomic mass is 16.4. The van der Waals surface area contributed by atoms with E-state index >= 15 is 0 Å². The summed E-state index contributed by atoms with van der Waals surface area (Å²) in [5.41, 5.74) is 5.50. The van der Waals surface area contributed by atoms with Gasteiger partial charge in [0.25, 0.3) is 0 Å². The molecule has 0 bridgehead atoms. The fourth-order valence-electron chi connectivity index (χ4n) is 0.629. The highest BCUT2D eigenvalue weighted by Gasteiger charge is 2.07. The smallest absolute Gasteiger partial charge is 0.354 e. The van der Waals surface area contributed by atoms with Crippen LogP contribution in [0.1, 0.15) is 6.92 Å². The van der Waals surface area contributed by atoms with Crippen LogP contribution >= 0.6 is 0 Å². The molecule has 0 aromatic rings. The Balaban J connectivity index is 4.60. The molecular weight excluding hydrogens is 158 g/mol. The summed E-state index contributed by atoms with van der Waals surface area (Å²) in [6, 6.07) is 0. The van der Waals surface area contributed by atoms with Gasteiger partial charge in [-0.05, 0) is 6.92 Å². The number of hydrogen-bond donors (Lipinski definition) is 3. The molecule has 0 rings (SSSR count). The Morgan fingerprint density at radius 1 is 1.75 bits per heavy atom. The number of nitrogens with one attached hydrogen (secondary N) is 1. The van der Waals surface area contributed by atoms with Gasteiger partial charge in [-0.15, -0.1) is 0 Å². The first-order chi connectivity index (χ1) is 5.63. The molecule has 5 heteroatoms. The normalized spacial score (nSPS) is 12.8. The van der Waals surface area contributed by atoms with Gasteiger partial charge in [0.2, 0.25) is 0 Å². The third-order valence-electron chi connectivity index (χ3n) is 1.17. The predicted molar refractivity (Wildman–Crippen MR) is 46.9 cm³/mol. The summed E-state index contributed by atoms with van der Waals surface area (Å²) < 4.78 is 0. The Labute approximate surface area is 71.0 Å². The number of carboxylic acids is 1. The SMILES string of the molecule is CCN=C/C(N)=C(\NC)C(=O)O. The van der Waals surface area contributed by atoms with E-state index in [1.165, 1.54) is 13.3 Å². The Bertz CT molecular complexity index is 221. The summed E-state index contributed by atoms with van der Waals surface area (Å²) >= 11 is 0. The summed E-state index contributed by atoms with van der Waals surface area (Å²) in [5.74, 6) is -1.09. The minimum absolute atomic E-state index is 0.0350. The molecule has 0 radical (unpaired) electrons. The molecule has 0 atom stereocenters. The van der Waals surface area contributed by atoms with Crippen LogP contribution in [0.15, 0.2) is 16.4 Å². The van der Waals surface area contributed by atoms with Crippen LogP contribution in [-0.4, -0.2) is 30.9 Å². The van der Waals surface area contributed by atoms with Gasteiger partial charge in [-0.3, -0.25) is 4.99 Å². The number of aliphatic imine (C=N–C) groups is 1. The fraction of sp³-hybridized carbons (Fsp3) is 0.429. The first-order valence-electron chi connectivity index (χ1n) is 3.54. The molecule has 0 aliphatic heterocycles. The maximum absolute atomic E-state index is 10.5. The lowest BCUT2D eigenvalue weighted by molar-refractivity contribution is -0.133. The molecule has 0 amide bonds. The van der Waals surface area contributed by atoms with Crippen molar-refractivity contribution in [3.63, 3.8) is 0 Å². The zero-order chi connectivity index (χ0) is 9.56. The molecule has 5 nitrogen and oxygen atoms in total. The van der Waals surface area contributed by atoms with E-state index in [4.69, 9.17) is 10.8 Å². The van der Waals surface area contributed by atoms with E-state index in [1.807, 2.05) is 6.92 Å². The van der Waals surface area contributed by atoms with Crippen LogP contribution in [0.3, 0.4) is 0 Å². The Morgan fingerprint density at radius 2 is 2.33 bits per heavy atom. The number of nitrogens with two attached hydrogens (primary N) is 1. The molecule has 0 fully saturated rings. The number of rotatable bonds is 4. The molecule has 68 valence electrons. The second-order valence-corrected chi connectivity index (χ2v) is 2.01. The summed E-state index contributed by atoms with van der Waals surface area (Å²) in [7, 11) is 1.50. The second kappa shape index (κ2) is 5.17. The third-order valence-corrected chi connectivity index (χ3v) is 1.17. The summed E-state index contributed by atoms with van der Waals surface area (Å²) in [5, 5.41) is 11.1. The van der Waals surface area contributed by atoms with Crippen LogP contribution < -0.4 is 11.1 Å². The Hall–Kier alpha value is -1.52. The molecule has 0 aliphatic rings. The average molecular weight is 171 g/mol.